The number of unbranched alkanes of at least 4 members (excludes halogenated alkanes) is 2. The molecule has 4 fully saturated rings. The van der Waals surface area contributed by atoms with Crippen LogP contribution in [0.3, 0.4) is 0 Å². The number of esters is 3. The fraction of sp³-hybridized carbons (Fsp3) is 0.714. The molecule has 19 atom stereocenters. The van der Waals surface area contributed by atoms with Gasteiger partial charge in [-0.3, -0.25) is 0 Å². The van der Waals surface area contributed by atoms with Crippen molar-refractivity contribution in [2.75, 3.05) is 26.9 Å². The van der Waals surface area contributed by atoms with E-state index in [-0.39, 0.29) is 79.6 Å². The van der Waals surface area contributed by atoms with E-state index in [1.165, 1.54) is 21.0 Å². The van der Waals surface area contributed by atoms with Crippen LogP contribution in [-0.4, -0.2) is 168 Å². The SMILES string of the molecule is CC[C@H](C)C1O[C@H](O[C@H]2C([C@H]3COC(C)(C)O3)O[C@@](OCCCCCN(Cc3ccccc3)C(=O)OCc3ccccc3)(C(=O)OC)C[C@H]2C)C(OC(C)=O)[C@@H](O[C@H]2O[C@@H]([C@@H](C)CC)[C@@H](PBB=O)C(C)C2OC(C)=O)[C@@H]1PBB=O. The predicted octanol–water partition coefficient (Wildman–Crippen LogP) is 7.00. The number of benzene rings is 2. The molecule has 444 valence electrons. The minimum atomic E-state index is -1.92. The maximum absolute atomic E-state index is 14.2. The second-order valence-electron chi connectivity index (χ2n) is 22.4. The fourth-order valence-corrected chi connectivity index (χ4v) is 14.4. The number of methoxy groups -OCH3 is 1. The first-order chi connectivity index (χ1) is 38.8. The van der Waals surface area contributed by atoms with Crippen molar-refractivity contribution in [3.05, 3.63) is 71.8 Å². The molecule has 2 aromatic rings. The van der Waals surface area contributed by atoms with Crippen LogP contribution in [-0.2, 0) is 93.8 Å². The third-order valence-corrected chi connectivity index (χ3v) is 19.1. The van der Waals surface area contributed by atoms with Crippen LogP contribution in [0, 0.1) is 23.7 Å². The zero-order valence-corrected chi connectivity index (χ0v) is 51.2. The van der Waals surface area contributed by atoms with Crippen LogP contribution in [0.1, 0.15) is 119 Å². The Morgan fingerprint density at radius 2 is 1.32 bits per heavy atom. The summed E-state index contributed by atoms with van der Waals surface area (Å²) in [6, 6.07) is 19.2. The van der Waals surface area contributed by atoms with Crippen molar-refractivity contribution < 1.29 is 85.4 Å². The van der Waals surface area contributed by atoms with Crippen LogP contribution >= 0.6 is 16.9 Å². The van der Waals surface area contributed by atoms with Gasteiger partial charge in [0, 0.05) is 13.1 Å². The van der Waals surface area contributed by atoms with Crippen LogP contribution in [0.5, 0.6) is 0 Å². The van der Waals surface area contributed by atoms with E-state index in [1.807, 2.05) is 88.4 Å². The summed E-state index contributed by atoms with van der Waals surface area (Å²) in [5.74, 6) is -5.87. The molecule has 0 spiro atoms. The molecule has 4 aliphatic heterocycles. The number of nitrogens with zero attached hydrogens (tertiary/aromatic N) is 1. The Morgan fingerprint density at radius 3 is 1.89 bits per heavy atom. The molecule has 4 aliphatic rings. The van der Waals surface area contributed by atoms with Gasteiger partial charge in [0.05, 0.1) is 13.7 Å². The summed E-state index contributed by atoms with van der Waals surface area (Å²) < 4.78 is 102. The molecule has 0 bridgehead atoms. The van der Waals surface area contributed by atoms with E-state index >= 15 is 0 Å². The molecule has 0 radical (unpaired) electrons. The van der Waals surface area contributed by atoms with Crippen molar-refractivity contribution in [1.82, 2.24) is 4.90 Å². The molecule has 4 heterocycles. The zero-order valence-electron chi connectivity index (χ0n) is 49.2. The molecule has 0 aliphatic carbocycles. The number of hydrogen-bond acceptors (Lipinski definition) is 18. The predicted molar refractivity (Wildman–Crippen MR) is 309 cm³/mol. The third kappa shape index (κ3) is 18.3. The molecular weight excluding hydrogens is 1080 g/mol. The molecule has 6 rings (SSSR count). The average Bonchev–Trinajstić information content (AvgIpc) is 4.07. The van der Waals surface area contributed by atoms with Crippen LogP contribution < -0.4 is 0 Å². The number of rotatable bonds is 29. The van der Waals surface area contributed by atoms with E-state index in [2.05, 4.69) is 13.8 Å². The van der Waals surface area contributed by atoms with Gasteiger partial charge in [0.2, 0.25) is 0 Å². The first-order valence-corrected chi connectivity index (χ1v) is 31.4. The zero-order chi connectivity index (χ0) is 58.9. The van der Waals surface area contributed by atoms with E-state index < -0.39 is 102 Å². The van der Waals surface area contributed by atoms with Gasteiger partial charge in [0.15, 0.2) is 0 Å². The van der Waals surface area contributed by atoms with Gasteiger partial charge >= 0.3 is 324 Å². The maximum atomic E-state index is 14.2. The van der Waals surface area contributed by atoms with Crippen LogP contribution in [0.25, 0.3) is 0 Å². The second-order valence-corrected chi connectivity index (χ2v) is 25.3. The number of carbonyl (C=O) groups is 4. The number of amides is 1. The van der Waals surface area contributed by atoms with Gasteiger partial charge in [-0.2, -0.15) is 0 Å². The Labute approximate surface area is 484 Å². The monoisotopic (exact) mass is 1170 g/mol. The van der Waals surface area contributed by atoms with Gasteiger partial charge in [-0.25, -0.2) is 9.59 Å². The van der Waals surface area contributed by atoms with Crippen LogP contribution in [0.4, 0.5) is 4.79 Å². The fourth-order valence-electron chi connectivity index (χ4n) is 11.3. The first-order valence-electron chi connectivity index (χ1n) is 28.8. The molecule has 81 heavy (non-hydrogen) atoms. The van der Waals surface area contributed by atoms with Gasteiger partial charge < -0.3 is 14.4 Å². The summed E-state index contributed by atoms with van der Waals surface area (Å²) in [6.45, 7) is 19.8. The van der Waals surface area contributed by atoms with Crippen molar-refractivity contribution in [1.29, 1.82) is 0 Å². The van der Waals surface area contributed by atoms with Gasteiger partial charge in [0.1, 0.15) is 6.61 Å². The summed E-state index contributed by atoms with van der Waals surface area (Å²) in [4.78, 5) is 55.7. The van der Waals surface area contributed by atoms with Crippen molar-refractivity contribution in [2.24, 2.45) is 23.7 Å². The number of carbonyl (C=O) groups excluding carboxylic acids is 4. The first kappa shape index (κ1) is 66.7. The van der Waals surface area contributed by atoms with Gasteiger partial charge in [0.25, 0.3) is 0 Å². The summed E-state index contributed by atoms with van der Waals surface area (Å²) in [5.41, 5.74) is 1.18. The minimum absolute atomic E-state index is 0.0262. The molecule has 4 saturated heterocycles. The Balaban J connectivity index is 1.27. The molecular formula is C56H85B4NO18P2. The quantitative estimate of drug-likeness (QED) is 0.0263. The van der Waals surface area contributed by atoms with E-state index in [0.717, 1.165) is 31.6 Å². The topological polar surface area (TPSA) is 216 Å². The summed E-state index contributed by atoms with van der Waals surface area (Å²) in [7, 11) is 3.15. The molecule has 0 saturated carbocycles. The Morgan fingerprint density at radius 1 is 0.753 bits per heavy atom. The van der Waals surface area contributed by atoms with Crippen molar-refractivity contribution in [3.8, 4) is 0 Å². The molecule has 0 N–H and O–H groups in total. The Hall–Kier alpha value is -3.48. The average molecular weight is 1170 g/mol. The van der Waals surface area contributed by atoms with Gasteiger partial charge in [-0.05, 0) is 44.2 Å². The van der Waals surface area contributed by atoms with Gasteiger partial charge in [-0.1, -0.05) is 60.7 Å². The van der Waals surface area contributed by atoms with Gasteiger partial charge in [-0.15, -0.1) is 0 Å². The van der Waals surface area contributed by atoms with Crippen molar-refractivity contribution in [3.63, 3.8) is 0 Å². The Bertz CT molecular complexity index is 2320. The van der Waals surface area contributed by atoms with Crippen LogP contribution in [0.15, 0.2) is 60.7 Å². The molecule has 1 amide bonds. The number of ether oxygens (including phenoxy) is 12. The molecule has 19 nitrogen and oxygen atoms in total. The van der Waals surface area contributed by atoms with Crippen LogP contribution in [0.2, 0.25) is 0 Å². The number of hydrogen-bond donors (Lipinski definition) is 0. The van der Waals surface area contributed by atoms with E-state index in [0.29, 0.717) is 45.7 Å². The molecule has 7 unspecified atom stereocenters. The molecule has 0 aromatic heterocycles. The molecule has 2 aromatic carbocycles. The Kier molecular flexibility index (Phi) is 26.5. The van der Waals surface area contributed by atoms with E-state index in [4.69, 9.17) is 56.8 Å². The normalized spacial score (nSPS) is 31.8. The standard InChI is InChI=1S/C56H85B4NO18P2/c1-12-33(3)43-49(80-59-57-66)36(6)45(72-37(7)62)51(75-43)77-47-48(73-38(8)63)52(76-44(34(4)13-2)50(47)81-60-58-67)74-42-35(5)29-56(53(64)68-11,79-46(42)41-32-71-55(9,10)78-41)70-28-22-16-21-27-61(30-39-23-17-14-18-24-39)54(65)69-31-40-25-19-15-20-26-40/h14-15,17-20,23-26,33-36,41-52,59-60,80-81H,12-13,16,21-22,27-32H2,1-11H3/t33-,34-,35+,36?,41+,42+,43-,44?,45?,46?,47+,48?,49-,50+,51+,52-,56+/m0/s1. The summed E-state index contributed by atoms with van der Waals surface area (Å²) >= 11 is 0. The molecule has 25 heteroatoms. The third-order valence-electron chi connectivity index (χ3n) is 15.8. The van der Waals surface area contributed by atoms with Crippen molar-refractivity contribution >= 4 is 68.8 Å². The second kappa shape index (κ2) is 32.1. The van der Waals surface area contributed by atoms with Crippen molar-refractivity contribution in [2.45, 2.75) is 205 Å². The van der Waals surface area contributed by atoms with E-state index in [1.54, 1.807) is 18.7 Å². The van der Waals surface area contributed by atoms with E-state index in [9.17, 15) is 28.6 Å². The summed E-state index contributed by atoms with van der Waals surface area (Å²) in [6.07, 6.45) is -6.78. The summed E-state index contributed by atoms with van der Waals surface area (Å²) in [5, 5.41) is 0.